The van der Waals surface area contributed by atoms with E-state index in [0.29, 0.717) is 12.1 Å². The van der Waals surface area contributed by atoms with Crippen molar-refractivity contribution in [3.05, 3.63) is 34.9 Å². The van der Waals surface area contributed by atoms with E-state index in [1.54, 1.807) is 0 Å². The molecule has 0 radical (unpaired) electrons. The van der Waals surface area contributed by atoms with Crippen molar-refractivity contribution in [2.75, 3.05) is 13.7 Å². The van der Waals surface area contributed by atoms with Crippen LogP contribution >= 0.6 is 0 Å². The molecule has 124 valence electrons. The lowest BCUT2D eigenvalue weighted by atomic mass is 10.0. The van der Waals surface area contributed by atoms with Crippen LogP contribution in [0, 0.1) is 0 Å². The molecular formula is C13H12F6O3. The summed E-state index contributed by atoms with van der Waals surface area (Å²) in [7, 11) is 1.30. The van der Waals surface area contributed by atoms with E-state index in [9.17, 15) is 31.1 Å². The molecule has 0 aliphatic heterocycles. The molecule has 0 aromatic heterocycles. The minimum absolute atomic E-state index is 0.0448. The van der Waals surface area contributed by atoms with Crippen molar-refractivity contribution in [3.63, 3.8) is 0 Å². The van der Waals surface area contributed by atoms with E-state index in [4.69, 9.17) is 4.74 Å². The second-order valence-electron chi connectivity index (χ2n) is 4.47. The third-order valence-electron chi connectivity index (χ3n) is 2.53. The molecule has 9 heteroatoms. The number of rotatable bonds is 4. The number of carbonyl (C=O) groups excluding carboxylic acids is 1. The van der Waals surface area contributed by atoms with Gasteiger partial charge in [-0.1, -0.05) is 0 Å². The predicted molar refractivity (Wildman–Crippen MR) is 63.2 cm³/mol. The molecular weight excluding hydrogens is 318 g/mol. The van der Waals surface area contributed by atoms with Crippen molar-refractivity contribution >= 4 is 5.97 Å². The van der Waals surface area contributed by atoms with Crippen LogP contribution in [0.1, 0.15) is 28.4 Å². The van der Waals surface area contributed by atoms with Crippen LogP contribution in [0.25, 0.3) is 0 Å². The summed E-state index contributed by atoms with van der Waals surface area (Å²) in [6.07, 6.45) is -10.9. The Kier molecular flexibility index (Phi) is 5.44. The summed E-state index contributed by atoms with van der Waals surface area (Å²) in [5.74, 6) is -1.29. The maximum Gasteiger partial charge on any atom is 0.416 e. The Labute approximate surface area is 121 Å². The van der Waals surface area contributed by atoms with Gasteiger partial charge in [-0.15, -0.1) is 0 Å². The number of halogens is 6. The second kappa shape index (κ2) is 6.55. The number of esters is 1. The fourth-order valence-corrected chi connectivity index (χ4v) is 1.59. The van der Waals surface area contributed by atoms with Gasteiger partial charge in [0, 0.05) is 7.11 Å². The number of methoxy groups -OCH3 is 1. The number of hydrogen-bond acceptors (Lipinski definition) is 3. The first kappa shape index (κ1) is 18.3. The Bertz CT molecular complexity index is 503. The number of ether oxygens (including phenoxy) is 2. The maximum absolute atomic E-state index is 12.6. The Morgan fingerprint density at radius 1 is 1.05 bits per heavy atom. The zero-order chi connectivity index (χ0) is 17.1. The van der Waals surface area contributed by atoms with Crippen molar-refractivity contribution in [3.8, 4) is 0 Å². The number of hydrogen-bond donors (Lipinski definition) is 0. The van der Waals surface area contributed by atoms with Crippen LogP contribution in [0.15, 0.2) is 18.2 Å². The summed E-state index contributed by atoms with van der Waals surface area (Å²) < 4.78 is 85.2. The molecule has 1 rings (SSSR count). The smallest absolute Gasteiger partial charge is 0.416 e. The number of benzene rings is 1. The van der Waals surface area contributed by atoms with Gasteiger partial charge in [0.1, 0.15) is 6.10 Å². The Balaban J connectivity index is 3.21. The highest BCUT2D eigenvalue weighted by Crippen LogP contribution is 2.36. The minimum atomic E-state index is -5.02. The first-order valence-electron chi connectivity index (χ1n) is 5.94. The van der Waals surface area contributed by atoms with Crippen LogP contribution in [-0.2, 0) is 21.8 Å². The van der Waals surface area contributed by atoms with Crippen LogP contribution in [-0.4, -0.2) is 25.8 Å². The van der Waals surface area contributed by atoms with E-state index in [1.807, 2.05) is 0 Å². The van der Waals surface area contributed by atoms with Gasteiger partial charge in [0.05, 0.1) is 23.3 Å². The molecule has 0 heterocycles. The molecule has 3 nitrogen and oxygen atoms in total. The van der Waals surface area contributed by atoms with E-state index in [0.717, 1.165) is 0 Å². The van der Waals surface area contributed by atoms with Gasteiger partial charge < -0.3 is 9.47 Å². The standard InChI is InChI=1S/C13H12F6O3/c1-7(6-21-2)22-11(20)8-3-9(12(14,15)16)5-10(4-8)13(17,18)19/h3-5,7H,6H2,1-2H3. The number of alkyl halides is 6. The molecule has 1 atom stereocenters. The quantitative estimate of drug-likeness (QED) is 0.620. The summed E-state index contributed by atoms with van der Waals surface area (Å²) >= 11 is 0. The molecule has 1 aromatic carbocycles. The van der Waals surface area contributed by atoms with E-state index in [-0.39, 0.29) is 12.7 Å². The van der Waals surface area contributed by atoms with Crippen LogP contribution in [0.4, 0.5) is 26.3 Å². The Hall–Kier alpha value is -1.77. The van der Waals surface area contributed by atoms with Gasteiger partial charge in [-0.25, -0.2) is 4.79 Å². The molecule has 0 aliphatic carbocycles. The maximum atomic E-state index is 12.6. The average molecular weight is 330 g/mol. The molecule has 0 bridgehead atoms. The molecule has 22 heavy (non-hydrogen) atoms. The van der Waals surface area contributed by atoms with Gasteiger partial charge in [-0.2, -0.15) is 26.3 Å². The zero-order valence-corrected chi connectivity index (χ0v) is 11.5. The van der Waals surface area contributed by atoms with Gasteiger partial charge in [0.2, 0.25) is 0 Å². The van der Waals surface area contributed by atoms with Crippen LogP contribution < -0.4 is 0 Å². The van der Waals surface area contributed by atoms with Crippen molar-refractivity contribution in [1.29, 1.82) is 0 Å². The molecule has 0 saturated heterocycles. The summed E-state index contributed by atoms with van der Waals surface area (Å²) in [5.41, 5.74) is -3.98. The van der Waals surface area contributed by atoms with Crippen molar-refractivity contribution in [2.24, 2.45) is 0 Å². The lowest BCUT2D eigenvalue weighted by Gasteiger charge is -2.15. The summed E-state index contributed by atoms with van der Waals surface area (Å²) in [6, 6.07) is 0.573. The van der Waals surface area contributed by atoms with E-state index in [2.05, 4.69) is 4.74 Å². The van der Waals surface area contributed by atoms with Crippen LogP contribution in [0.2, 0.25) is 0 Å². The third-order valence-corrected chi connectivity index (χ3v) is 2.53. The fourth-order valence-electron chi connectivity index (χ4n) is 1.59. The largest absolute Gasteiger partial charge is 0.457 e. The second-order valence-corrected chi connectivity index (χ2v) is 4.47. The molecule has 0 fully saturated rings. The molecule has 1 unspecified atom stereocenters. The van der Waals surface area contributed by atoms with Gasteiger partial charge in [0.25, 0.3) is 0 Å². The van der Waals surface area contributed by atoms with Crippen LogP contribution in [0.3, 0.4) is 0 Å². The molecule has 0 N–H and O–H groups in total. The van der Waals surface area contributed by atoms with Gasteiger partial charge in [-0.05, 0) is 25.1 Å². The highest BCUT2D eigenvalue weighted by Gasteiger charge is 2.37. The van der Waals surface area contributed by atoms with Gasteiger partial charge in [0.15, 0.2) is 0 Å². The zero-order valence-electron chi connectivity index (χ0n) is 11.5. The third kappa shape index (κ3) is 4.90. The molecule has 1 aromatic rings. The molecule has 0 aliphatic rings. The Morgan fingerprint density at radius 2 is 1.50 bits per heavy atom. The first-order chi connectivity index (χ1) is 9.95. The minimum Gasteiger partial charge on any atom is -0.457 e. The topological polar surface area (TPSA) is 35.5 Å². The fraction of sp³-hybridized carbons (Fsp3) is 0.462. The highest BCUT2D eigenvalue weighted by atomic mass is 19.4. The van der Waals surface area contributed by atoms with Crippen LogP contribution in [0.5, 0.6) is 0 Å². The molecule has 0 amide bonds. The molecule has 0 saturated carbocycles. The Morgan fingerprint density at radius 3 is 1.86 bits per heavy atom. The SMILES string of the molecule is COCC(C)OC(=O)c1cc(C(F)(F)F)cc(C(F)(F)F)c1. The predicted octanol–water partition coefficient (Wildman–Crippen LogP) is 3.92. The molecule has 0 spiro atoms. The van der Waals surface area contributed by atoms with E-state index >= 15 is 0 Å². The lowest BCUT2D eigenvalue weighted by molar-refractivity contribution is -0.143. The lowest BCUT2D eigenvalue weighted by Crippen LogP contribution is -2.21. The summed E-state index contributed by atoms with van der Waals surface area (Å²) in [6.45, 7) is 1.34. The average Bonchev–Trinajstić information content (AvgIpc) is 2.36. The highest BCUT2D eigenvalue weighted by molar-refractivity contribution is 5.90. The van der Waals surface area contributed by atoms with Crippen molar-refractivity contribution < 1.29 is 40.6 Å². The normalized spacial score (nSPS) is 13.8. The van der Waals surface area contributed by atoms with Crippen molar-refractivity contribution in [1.82, 2.24) is 0 Å². The summed E-state index contributed by atoms with van der Waals surface area (Å²) in [5, 5.41) is 0. The van der Waals surface area contributed by atoms with Crippen molar-refractivity contribution in [2.45, 2.75) is 25.4 Å². The van der Waals surface area contributed by atoms with Gasteiger partial charge in [-0.3, -0.25) is 0 Å². The summed E-state index contributed by atoms with van der Waals surface area (Å²) in [4.78, 5) is 11.7. The monoisotopic (exact) mass is 330 g/mol. The number of carbonyl (C=O) groups is 1. The first-order valence-corrected chi connectivity index (χ1v) is 5.94. The van der Waals surface area contributed by atoms with E-state index < -0.39 is 41.1 Å². The van der Waals surface area contributed by atoms with Gasteiger partial charge >= 0.3 is 18.3 Å². The van der Waals surface area contributed by atoms with E-state index in [1.165, 1.54) is 14.0 Å².